The average Bonchev–Trinajstić information content (AvgIpc) is 3.29. The van der Waals surface area contributed by atoms with Crippen molar-refractivity contribution in [3.05, 3.63) is 107 Å². The zero-order valence-electron chi connectivity index (χ0n) is 15.1. The van der Waals surface area contributed by atoms with E-state index in [9.17, 15) is 13.6 Å². The Bertz CT molecular complexity index is 1190. The smallest absolute Gasteiger partial charge is 0.277 e. The third-order valence-electron chi connectivity index (χ3n) is 5.11. The molecule has 0 unspecified atom stereocenters. The maximum absolute atomic E-state index is 13.6. The lowest BCUT2D eigenvalue weighted by atomic mass is 9.96. The van der Waals surface area contributed by atoms with Crippen molar-refractivity contribution in [2.45, 2.75) is 6.04 Å². The lowest BCUT2D eigenvalue weighted by molar-refractivity contribution is 0.0989. The van der Waals surface area contributed by atoms with Gasteiger partial charge in [-0.1, -0.05) is 30.3 Å². The van der Waals surface area contributed by atoms with Crippen LogP contribution in [0.2, 0.25) is 0 Å². The molecule has 1 N–H and O–H groups in total. The van der Waals surface area contributed by atoms with Crippen LogP contribution in [0.25, 0.3) is 11.3 Å². The number of benzene rings is 3. The van der Waals surface area contributed by atoms with Crippen LogP contribution in [0.4, 0.5) is 14.5 Å². The lowest BCUT2D eigenvalue weighted by Crippen LogP contribution is -2.29. The summed E-state index contributed by atoms with van der Waals surface area (Å²) in [6.45, 7) is 0. The normalized spacial score (nSPS) is 15.6. The van der Waals surface area contributed by atoms with Gasteiger partial charge in [0, 0.05) is 16.8 Å². The van der Waals surface area contributed by atoms with Crippen LogP contribution in [-0.4, -0.2) is 16.1 Å². The maximum atomic E-state index is 13.6. The lowest BCUT2D eigenvalue weighted by Gasteiger charge is -2.26. The first-order valence-corrected chi connectivity index (χ1v) is 9.12. The molecule has 3 aromatic carbocycles. The number of carbonyl (C=O) groups excluding carboxylic acids is 1. The molecule has 0 saturated heterocycles. The molecule has 1 aliphatic rings. The number of aromatic amines is 1. The van der Waals surface area contributed by atoms with Crippen molar-refractivity contribution >= 4 is 11.6 Å². The molecule has 6 heteroatoms. The van der Waals surface area contributed by atoms with E-state index >= 15 is 0 Å². The first-order chi connectivity index (χ1) is 14.1. The van der Waals surface area contributed by atoms with Crippen LogP contribution in [0, 0.1) is 11.6 Å². The van der Waals surface area contributed by atoms with Gasteiger partial charge in [-0.05, 0) is 54.1 Å². The van der Waals surface area contributed by atoms with E-state index in [2.05, 4.69) is 10.2 Å². The molecule has 29 heavy (non-hydrogen) atoms. The van der Waals surface area contributed by atoms with Gasteiger partial charge in [-0.2, -0.15) is 5.10 Å². The van der Waals surface area contributed by atoms with Crippen molar-refractivity contribution < 1.29 is 13.6 Å². The Labute approximate surface area is 165 Å². The molecule has 5 rings (SSSR count). The second-order valence-electron chi connectivity index (χ2n) is 6.83. The van der Waals surface area contributed by atoms with Crippen LogP contribution in [-0.2, 0) is 0 Å². The van der Waals surface area contributed by atoms with E-state index in [0.29, 0.717) is 22.5 Å². The van der Waals surface area contributed by atoms with Gasteiger partial charge in [0.05, 0.1) is 11.7 Å². The molecule has 0 radical (unpaired) electrons. The molecular weight excluding hydrogens is 372 g/mol. The Balaban J connectivity index is 1.72. The summed E-state index contributed by atoms with van der Waals surface area (Å²) >= 11 is 0. The molecular formula is C23H15F2N3O. The van der Waals surface area contributed by atoms with Crippen LogP contribution >= 0.6 is 0 Å². The molecule has 0 fully saturated rings. The number of hydrogen-bond acceptors (Lipinski definition) is 2. The van der Waals surface area contributed by atoms with Gasteiger partial charge in [-0.25, -0.2) is 8.78 Å². The fourth-order valence-electron chi connectivity index (χ4n) is 3.79. The minimum absolute atomic E-state index is 0.221. The van der Waals surface area contributed by atoms with Gasteiger partial charge in [0.25, 0.3) is 5.91 Å². The van der Waals surface area contributed by atoms with Crippen LogP contribution in [0.3, 0.4) is 0 Å². The molecule has 0 saturated carbocycles. The monoisotopic (exact) mass is 387 g/mol. The van der Waals surface area contributed by atoms with Gasteiger partial charge in [-0.3, -0.25) is 14.8 Å². The number of para-hydroxylation sites is 1. The number of nitrogens with zero attached hydrogens (tertiary/aromatic N) is 2. The Morgan fingerprint density at radius 1 is 0.828 bits per heavy atom. The number of amides is 1. The quantitative estimate of drug-likeness (QED) is 0.531. The Hall–Kier alpha value is -3.80. The number of halogens is 2. The molecule has 0 bridgehead atoms. The largest absolute Gasteiger partial charge is 0.295 e. The Kier molecular flexibility index (Phi) is 3.98. The van der Waals surface area contributed by atoms with Gasteiger partial charge >= 0.3 is 0 Å². The summed E-state index contributed by atoms with van der Waals surface area (Å²) in [5.74, 6) is -0.921. The molecule has 0 spiro atoms. The topological polar surface area (TPSA) is 49.0 Å². The predicted molar refractivity (Wildman–Crippen MR) is 105 cm³/mol. The van der Waals surface area contributed by atoms with Crippen molar-refractivity contribution in [1.29, 1.82) is 0 Å². The van der Waals surface area contributed by atoms with Gasteiger partial charge in [0.2, 0.25) is 0 Å². The summed E-state index contributed by atoms with van der Waals surface area (Å²) in [6.07, 6.45) is 0. The van der Waals surface area contributed by atoms with E-state index in [1.54, 1.807) is 29.2 Å². The summed E-state index contributed by atoms with van der Waals surface area (Å²) < 4.78 is 27.0. The Morgan fingerprint density at radius 2 is 1.45 bits per heavy atom. The van der Waals surface area contributed by atoms with E-state index in [-0.39, 0.29) is 17.5 Å². The van der Waals surface area contributed by atoms with Gasteiger partial charge in [-0.15, -0.1) is 0 Å². The zero-order valence-corrected chi connectivity index (χ0v) is 15.1. The van der Waals surface area contributed by atoms with E-state index < -0.39 is 6.04 Å². The van der Waals surface area contributed by atoms with Crippen molar-refractivity contribution in [3.8, 4) is 11.3 Å². The number of aromatic nitrogens is 2. The standard InChI is InChI=1S/C23H15F2N3O/c24-16-10-6-14(7-11-16)20-19-21(27-26-20)23(29)28(18-4-2-1-3-5-18)22(19)15-8-12-17(25)13-9-15/h1-13,22H,(H,26,27)/t22-/m0/s1. The molecule has 1 aliphatic heterocycles. The van der Waals surface area contributed by atoms with E-state index in [1.807, 2.05) is 30.3 Å². The van der Waals surface area contributed by atoms with Crippen molar-refractivity contribution in [3.63, 3.8) is 0 Å². The fraction of sp³-hybridized carbons (Fsp3) is 0.0435. The Morgan fingerprint density at radius 3 is 2.10 bits per heavy atom. The second-order valence-corrected chi connectivity index (χ2v) is 6.83. The number of hydrogen-bond donors (Lipinski definition) is 1. The average molecular weight is 387 g/mol. The molecule has 0 aliphatic carbocycles. The second kappa shape index (κ2) is 6.67. The molecule has 4 aromatic rings. The summed E-state index contributed by atoms with van der Waals surface area (Å²) in [5, 5.41) is 7.19. The summed E-state index contributed by atoms with van der Waals surface area (Å²) in [7, 11) is 0. The molecule has 1 amide bonds. The first kappa shape index (κ1) is 17.3. The molecule has 1 atom stereocenters. The van der Waals surface area contributed by atoms with Gasteiger partial charge < -0.3 is 0 Å². The van der Waals surface area contributed by atoms with Crippen molar-refractivity contribution in [2.24, 2.45) is 0 Å². The van der Waals surface area contributed by atoms with Crippen molar-refractivity contribution in [2.75, 3.05) is 4.90 Å². The summed E-state index contributed by atoms with van der Waals surface area (Å²) in [5.41, 5.74) is 3.81. The zero-order chi connectivity index (χ0) is 20.0. The number of anilines is 1. The number of nitrogens with one attached hydrogen (secondary N) is 1. The summed E-state index contributed by atoms with van der Waals surface area (Å²) in [6, 6.07) is 20.9. The van der Waals surface area contributed by atoms with Gasteiger partial charge in [0.15, 0.2) is 0 Å². The minimum Gasteiger partial charge on any atom is -0.295 e. The predicted octanol–water partition coefficient (Wildman–Crippen LogP) is 5.10. The third-order valence-corrected chi connectivity index (χ3v) is 5.11. The molecule has 1 aromatic heterocycles. The maximum Gasteiger partial charge on any atom is 0.277 e. The van der Waals surface area contributed by atoms with Crippen molar-refractivity contribution in [1.82, 2.24) is 10.2 Å². The minimum atomic E-state index is -0.487. The highest BCUT2D eigenvalue weighted by Gasteiger charge is 2.43. The number of carbonyl (C=O) groups is 1. The molecule has 142 valence electrons. The highest BCUT2D eigenvalue weighted by Crippen LogP contribution is 2.44. The third kappa shape index (κ3) is 2.81. The van der Waals surface area contributed by atoms with E-state index in [0.717, 1.165) is 11.3 Å². The molecule has 4 nitrogen and oxygen atoms in total. The van der Waals surface area contributed by atoms with Gasteiger partial charge in [0.1, 0.15) is 17.3 Å². The molecule has 2 heterocycles. The van der Waals surface area contributed by atoms with Crippen LogP contribution in [0.1, 0.15) is 27.7 Å². The van der Waals surface area contributed by atoms with Crippen LogP contribution < -0.4 is 4.90 Å². The highest BCUT2D eigenvalue weighted by molar-refractivity contribution is 6.11. The fourth-order valence-corrected chi connectivity index (χ4v) is 3.79. The van der Waals surface area contributed by atoms with Crippen LogP contribution in [0.15, 0.2) is 78.9 Å². The number of rotatable bonds is 3. The van der Waals surface area contributed by atoms with E-state index in [1.165, 1.54) is 24.3 Å². The van der Waals surface area contributed by atoms with E-state index in [4.69, 9.17) is 0 Å². The highest BCUT2D eigenvalue weighted by atomic mass is 19.1. The first-order valence-electron chi connectivity index (χ1n) is 9.12. The SMILES string of the molecule is O=C1c2[nH]nc(-c3ccc(F)cc3)c2[C@H](c2ccc(F)cc2)N1c1ccccc1. The number of H-pyrrole nitrogens is 1. The summed E-state index contributed by atoms with van der Waals surface area (Å²) in [4.78, 5) is 14.9. The van der Waals surface area contributed by atoms with Crippen LogP contribution in [0.5, 0.6) is 0 Å². The number of fused-ring (bicyclic) bond motifs is 1.